The molecule has 0 saturated heterocycles. The van der Waals surface area contributed by atoms with E-state index in [1.807, 2.05) is 12.4 Å². The fraction of sp³-hybridized carbons (Fsp3) is 0.312. The van der Waals surface area contributed by atoms with E-state index >= 15 is 0 Å². The van der Waals surface area contributed by atoms with Gasteiger partial charge < -0.3 is 0 Å². The molecule has 2 heteroatoms. The lowest BCUT2D eigenvalue weighted by Crippen LogP contribution is -2.09. The Labute approximate surface area is 108 Å². The Morgan fingerprint density at radius 2 is 1.67 bits per heavy atom. The van der Waals surface area contributed by atoms with E-state index in [1.54, 1.807) is 12.1 Å². The molecule has 0 aliphatic carbocycles. The first kappa shape index (κ1) is 12.7. The second kappa shape index (κ2) is 4.89. The first-order chi connectivity index (χ1) is 8.44. The van der Waals surface area contributed by atoms with Gasteiger partial charge in [-0.2, -0.15) is 0 Å². The summed E-state index contributed by atoms with van der Waals surface area (Å²) in [4.78, 5) is 4.27. The fourth-order valence-electron chi connectivity index (χ4n) is 2.00. The van der Waals surface area contributed by atoms with Crippen LogP contribution in [0.4, 0.5) is 4.39 Å². The van der Waals surface area contributed by atoms with Gasteiger partial charge in [0.2, 0.25) is 0 Å². The number of pyridine rings is 1. The number of hydrogen-bond donors (Lipinski definition) is 0. The van der Waals surface area contributed by atoms with Gasteiger partial charge in [-0.15, -0.1) is 0 Å². The molecule has 2 aromatic rings. The highest BCUT2D eigenvalue weighted by molar-refractivity contribution is 5.62. The second-order valence-electron chi connectivity index (χ2n) is 5.83. The van der Waals surface area contributed by atoms with E-state index in [9.17, 15) is 4.39 Å². The minimum Gasteiger partial charge on any atom is -0.264 e. The van der Waals surface area contributed by atoms with Crippen LogP contribution in [0.3, 0.4) is 0 Å². The highest BCUT2D eigenvalue weighted by Gasteiger charge is 2.12. The molecule has 0 aliphatic rings. The number of rotatable bonds is 2. The predicted molar refractivity (Wildman–Crippen MR) is 72.8 cm³/mol. The Morgan fingerprint density at radius 1 is 1.00 bits per heavy atom. The van der Waals surface area contributed by atoms with Gasteiger partial charge in [-0.05, 0) is 41.2 Å². The SMILES string of the molecule is CC(C)(C)Cc1cncc(-c2ccc(F)cc2)c1. The van der Waals surface area contributed by atoms with Crippen LogP contribution in [0.15, 0.2) is 42.7 Å². The fourth-order valence-corrected chi connectivity index (χ4v) is 2.00. The Hall–Kier alpha value is -1.70. The Balaban J connectivity index is 2.29. The molecule has 0 amide bonds. The van der Waals surface area contributed by atoms with Crippen molar-refractivity contribution in [2.24, 2.45) is 5.41 Å². The summed E-state index contributed by atoms with van der Waals surface area (Å²) in [5.74, 6) is -0.211. The number of hydrogen-bond acceptors (Lipinski definition) is 1. The molecule has 0 atom stereocenters. The van der Waals surface area contributed by atoms with Crippen LogP contribution < -0.4 is 0 Å². The normalized spacial score (nSPS) is 11.6. The van der Waals surface area contributed by atoms with Gasteiger partial charge in [-0.3, -0.25) is 4.98 Å². The third-order valence-electron chi connectivity index (χ3n) is 2.71. The van der Waals surface area contributed by atoms with Crippen LogP contribution in [0.25, 0.3) is 11.1 Å². The zero-order valence-corrected chi connectivity index (χ0v) is 11.1. The zero-order valence-electron chi connectivity index (χ0n) is 11.1. The molecular formula is C16H18FN. The standard InChI is InChI=1S/C16H18FN/c1-16(2,3)9-12-8-14(11-18-10-12)13-4-6-15(17)7-5-13/h4-8,10-11H,9H2,1-3H3. The van der Waals surface area contributed by atoms with Crippen molar-refractivity contribution in [3.63, 3.8) is 0 Å². The number of aromatic nitrogens is 1. The van der Waals surface area contributed by atoms with Gasteiger partial charge in [0.15, 0.2) is 0 Å². The van der Waals surface area contributed by atoms with Crippen molar-refractivity contribution < 1.29 is 4.39 Å². The molecule has 94 valence electrons. The second-order valence-corrected chi connectivity index (χ2v) is 5.83. The number of nitrogens with zero attached hydrogens (tertiary/aromatic N) is 1. The molecule has 0 spiro atoms. The van der Waals surface area contributed by atoms with Crippen LogP contribution in [0, 0.1) is 11.2 Å². The van der Waals surface area contributed by atoms with Crippen molar-refractivity contribution in [3.05, 3.63) is 54.1 Å². The van der Waals surface area contributed by atoms with Gasteiger partial charge in [0, 0.05) is 18.0 Å². The van der Waals surface area contributed by atoms with E-state index in [4.69, 9.17) is 0 Å². The summed E-state index contributed by atoms with van der Waals surface area (Å²) in [5, 5.41) is 0. The highest BCUT2D eigenvalue weighted by Crippen LogP contribution is 2.24. The quantitative estimate of drug-likeness (QED) is 0.758. The lowest BCUT2D eigenvalue weighted by atomic mass is 9.88. The van der Waals surface area contributed by atoms with Crippen LogP contribution in [-0.2, 0) is 6.42 Å². The van der Waals surface area contributed by atoms with Crippen molar-refractivity contribution in [2.45, 2.75) is 27.2 Å². The van der Waals surface area contributed by atoms with Gasteiger partial charge in [0.05, 0.1) is 0 Å². The molecule has 0 bridgehead atoms. The minimum absolute atomic E-state index is 0.211. The molecule has 2 rings (SSSR count). The third kappa shape index (κ3) is 3.39. The van der Waals surface area contributed by atoms with E-state index < -0.39 is 0 Å². The topological polar surface area (TPSA) is 12.9 Å². The Kier molecular flexibility index (Phi) is 3.46. The average molecular weight is 243 g/mol. The first-order valence-corrected chi connectivity index (χ1v) is 6.14. The molecule has 1 aromatic carbocycles. The highest BCUT2D eigenvalue weighted by atomic mass is 19.1. The van der Waals surface area contributed by atoms with Gasteiger partial charge in [0.25, 0.3) is 0 Å². The summed E-state index contributed by atoms with van der Waals surface area (Å²) >= 11 is 0. The number of benzene rings is 1. The largest absolute Gasteiger partial charge is 0.264 e. The maximum atomic E-state index is 12.9. The molecule has 0 unspecified atom stereocenters. The third-order valence-corrected chi connectivity index (χ3v) is 2.71. The smallest absolute Gasteiger partial charge is 0.123 e. The van der Waals surface area contributed by atoms with Crippen molar-refractivity contribution in [3.8, 4) is 11.1 Å². The molecule has 1 heterocycles. The maximum Gasteiger partial charge on any atom is 0.123 e. The van der Waals surface area contributed by atoms with Crippen molar-refractivity contribution in [1.29, 1.82) is 0 Å². The molecular weight excluding hydrogens is 225 g/mol. The Morgan fingerprint density at radius 3 is 2.28 bits per heavy atom. The summed E-state index contributed by atoms with van der Waals surface area (Å²) in [6.07, 6.45) is 4.70. The molecule has 0 radical (unpaired) electrons. The van der Waals surface area contributed by atoms with E-state index in [0.29, 0.717) is 0 Å². The van der Waals surface area contributed by atoms with Gasteiger partial charge in [0.1, 0.15) is 5.82 Å². The van der Waals surface area contributed by atoms with Crippen LogP contribution in [0.1, 0.15) is 26.3 Å². The lowest BCUT2D eigenvalue weighted by molar-refractivity contribution is 0.411. The molecule has 1 aromatic heterocycles. The molecule has 0 aliphatic heterocycles. The monoisotopic (exact) mass is 243 g/mol. The van der Waals surface area contributed by atoms with Crippen LogP contribution in [0.5, 0.6) is 0 Å². The zero-order chi connectivity index (χ0) is 13.2. The molecule has 1 nitrogen and oxygen atoms in total. The van der Waals surface area contributed by atoms with Crippen LogP contribution >= 0.6 is 0 Å². The van der Waals surface area contributed by atoms with Crippen LogP contribution in [0.2, 0.25) is 0 Å². The van der Waals surface area contributed by atoms with E-state index in [0.717, 1.165) is 17.5 Å². The molecule has 0 saturated carbocycles. The molecule has 0 N–H and O–H groups in total. The van der Waals surface area contributed by atoms with E-state index in [2.05, 4.69) is 31.8 Å². The van der Waals surface area contributed by atoms with Crippen molar-refractivity contribution in [2.75, 3.05) is 0 Å². The van der Waals surface area contributed by atoms with E-state index in [1.165, 1.54) is 17.7 Å². The predicted octanol–water partition coefficient (Wildman–Crippen LogP) is 4.48. The summed E-state index contributed by atoms with van der Waals surface area (Å²) < 4.78 is 12.9. The van der Waals surface area contributed by atoms with Crippen LogP contribution in [-0.4, -0.2) is 4.98 Å². The maximum absolute atomic E-state index is 12.9. The summed E-state index contributed by atoms with van der Waals surface area (Å²) in [6, 6.07) is 8.66. The van der Waals surface area contributed by atoms with E-state index in [-0.39, 0.29) is 11.2 Å². The first-order valence-electron chi connectivity index (χ1n) is 6.14. The molecule has 0 fully saturated rings. The van der Waals surface area contributed by atoms with Crippen molar-refractivity contribution >= 4 is 0 Å². The lowest BCUT2D eigenvalue weighted by Gasteiger charge is -2.18. The van der Waals surface area contributed by atoms with Gasteiger partial charge in [-0.25, -0.2) is 4.39 Å². The van der Waals surface area contributed by atoms with Gasteiger partial charge >= 0.3 is 0 Å². The minimum atomic E-state index is -0.211. The van der Waals surface area contributed by atoms with Crippen molar-refractivity contribution in [1.82, 2.24) is 4.98 Å². The summed E-state index contributed by atoms with van der Waals surface area (Å²) in [6.45, 7) is 6.62. The number of halogens is 1. The molecule has 18 heavy (non-hydrogen) atoms. The summed E-state index contributed by atoms with van der Waals surface area (Å²) in [5.41, 5.74) is 3.49. The van der Waals surface area contributed by atoms with Gasteiger partial charge in [-0.1, -0.05) is 32.9 Å². The average Bonchev–Trinajstić information content (AvgIpc) is 2.28. The summed E-state index contributed by atoms with van der Waals surface area (Å²) in [7, 11) is 0. The Bertz CT molecular complexity index is 524.